The normalized spacial score (nSPS) is 14.4. The second kappa shape index (κ2) is 12.0. The van der Waals surface area contributed by atoms with Crippen molar-refractivity contribution < 1.29 is 14.3 Å². The van der Waals surface area contributed by atoms with E-state index < -0.39 is 0 Å². The molecule has 38 heavy (non-hydrogen) atoms. The van der Waals surface area contributed by atoms with E-state index in [0.29, 0.717) is 39.2 Å². The minimum absolute atomic E-state index is 0.0370. The molecule has 2 amide bonds. The molecule has 1 aliphatic heterocycles. The molecule has 0 saturated carbocycles. The second-order valence-electron chi connectivity index (χ2n) is 9.87. The topological polar surface area (TPSA) is 54.8 Å². The number of piperazine rings is 1. The van der Waals surface area contributed by atoms with Crippen LogP contribution in [0.2, 0.25) is 0 Å². The van der Waals surface area contributed by atoms with Crippen molar-refractivity contribution in [2.45, 2.75) is 32.2 Å². The van der Waals surface area contributed by atoms with E-state index in [2.05, 4.69) is 83.6 Å². The maximum Gasteiger partial charge on any atom is 0.409 e. The van der Waals surface area contributed by atoms with Gasteiger partial charge >= 0.3 is 6.09 Å². The number of amides is 2. The van der Waals surface area contributed by atoms with Crippen molar-refractivity contribution in [1.82, 2.24) is 14.4 Å². The minimum Gasteiger partial charge on any atom is -0.450 e. The fourth-order valence-corrected chi connectivity index (χ4v) is 5.40. The Morgan fingerprint density at radius 1 is 0.789 bits per heavy atom. The molecule has 6 heteroatoms. The van der Waals surface area contributed by atoms with Crippen LogP contribution in [-0.2, 0) is 22.5 Å². The molecule has 5 rings (SSSR count). The van der Waals surface area contributed by atoms with Crippen LogP contribution in [0.3, 0.4) is 0 Å². The minimum atomic E-state index is -0.298. The number of hydrogen-bond acceptors (Lipinski definition) is 3. The van der Waals surface area contributed by atoms with Gasteiger partial charge in [-0.3, -0.25) is 4.79 Å². The summed E-state index contributed by atoms with van der Waals surface area (Å²) in [5.41, 5.74) is 4.85. The number of rotatable bonds is 8. The molecular formula is C32H35N3O3. The number of aromatic nitrogens is 1. The third kappa shape index (κ3) is 5.91. The Hall–Kier alpha value is -4.06. The molecule has 0 N–H and O–H groups in total. The van der Waals surface area contributed by atoms with Gasteiger partial charge in [0.2, 0.25) is 5.91 Å². The van der Waals surface area contributed by atoms with Gasteiger partial charge in [0.15, 0.2) is 0 Å². The van der Waals surface area contributed by atoms with Crippen molar-refractivity contribution in [3.8, 4) is 0 Å². The summed E-state index contributed by atoms with van der Waals surface area (Å²) in [7, 11) is 0. The van der Waals surface area contributed by atoms with Crippen LogP contribution in [0, 0.1) is 0 Å². The van der Waals surface area contributed by atoms with Crippen LogP contribution in [-0.4, -0.2) is 59.2 Å². The highest BCUT2D eigenvalue weighted by atomic mass is 16.6. The number of para-hydroxylation sites is 1. The predicted molar refractivity (Wildman–Crippen MR) is 150 cm³/mol. The van der Waals surface area contributed by atoms with E-state index in [-0.39, 0.29) is 17.9 Å². The van der Waals surface area contributed by atoms with Gasteiger partial charge in [-0.25, -0.2) is 4.79 Å². The standard InChI is InChI=1S/C32H35N3O3/c1-2-38-32(37)34-19-17-33(18-20-34)31(36)22-27(21-25-11-5-3-6-12-25)29-24-35(23-26-13-7-4-8-14-26)30-16-10-9-15-28(29)30/h3-16,24,27H,2,17-23H2,1H3. The van der Waals surface area contributed by atoms with Crippen LogP contribution in [0.15, 0.2) is 91.1 Å². The molecule has 3 aromatic carbocycles. The number of benzene rings is 3. The maximum atomic E-state index is 13.6. The molecule has 1 unspecified atom stereocenters. The van der Waals surface area contributed by atoms with Gasteiger partial charge in [-0.2, -0.15) is 0 Å². The van der Waals surface area contributed by atoms with Gasteiger partial charge in [-0.1, -0.05) is 78.9 Å². The van der Waals surface area contributed by atoms with Crippen LogP contribution >= 0.6 is 0 Å². The Labute approximate surface area is 224 Å². The quantitative estimate of drug-likeness (QED) is 0.306. The first-order chi connectivity index (χ1) is 18.6. The van der Waals surface area contributed by atoms with E-state index in [1.165, 1.54) is 27.6 Å². The van der Waals surface area contributed by atoms with Gasteiger partial charge in [0.25, 0.3) is 0 Å². The van der Waals surface area contributed by atoms with Crippen LogP contribution in [0.1, 0.15) is 36.0 Å². The summed E-state index contributed by atoms with van der Waals surface area (Å²) in [6, 6.07) is 29.4. The lowest BCUT2D eigenvalue weighted by Crippen LogP contribution is -2.51. The third-order valence-corrected chi connectivity index (χ3v) is 7.36. The van der Waals surface area contributed by atoms with E-state index in [4.69, 9.17) is 4.74 Å². The zero-order valence-electron chi connectivity index (χ0n) is 22.0. The van der Waals surface area contributed by atoms with Crippen LogP contribution in [0.4, 0.5) is 4.79 Å². The monoisotopic (exact) mass is 509 g/mol. The summed E-state index contributed by atoms with van der Waals surface area (Å²) in [5, 5.41) is 1.20. The fourth-order valence-electron chi connectivity index (χ4n) is 5.40. The number of fused-ring (bicyclic) bond motifs is 1. The Balaban J connectivity index is 1.40. The van der Waals surface area contributed by atoms with E-state index in [1.807, 2.05) is 17.0 Å². The lowest BCUT2D eigenvalue weighted by atomic mass is 9.88. The highest BCUT2D eigenvalue weighted by Gasteiger charge is 2.28. The molecule has 1 atom stereocenters. The molecule has 0 radical (unpaired) electrons. The number of hydrogen-bond donors (Lipinski definition) is 0. The molecule has 1 aliphatic rings. The summed E-state index contributed by atoms with van der Waals surface area (Å²) in [6.07, 6.45) is 3.16. The SMILES string of the molecule is CCOC(=O)N1CCN(C(=O)CC(Cc2ccccc2)c2cn(Cc3ccccc3)c3ccccc23)CC1. The van der Waals surface area contributed by atoms with Crippen molar-refractivity contribution in [2.24, 2.45) is 0 Å². The molecule has 2 heterocycles. The summed E-state index contributed by atoms with van der Waals surface area (Å²) in [6.45, 7) is 5.02. The fraction of sp³-hybridized carbons (Fsp3) is 0.312. The maximum absolute atomic E-state index is 13.6. The van der Waals surface area contributed by atoms with Crippen LogP contribution in [0.25, 0.3) is 10.9 Å². The highest BCUT2D eigenvalue weighted by Crippen LogP contribution is 2.33. The Kier molecular flexibility index (Phi) is 8.07. The molecule has 4 aromatic rings. The van der Waals surface area contributed by atoms with Crippen molar-refractivity contribution in [1.29, 1.82) is 0 Å². The molecule has 0 aliphatic carbocycles. The number of ether oxygens (including phenoxy) is 1. The summed E-state index contributed by atoms with van der Waals surface area (Å²) >= 11 is 0. The zero-order chi connectivity index (χ0) is 26.3. The van der Waals surface area contributed by atoms with Gasteiger partial charge in [-0.15, -0.1) is 0 Å². The first-order valence-corrected chi connectivity index (χ1v) is 13.5. The number of nitrogens with zero attached hydrogens (tertiary/aromatic N) is 3. The molecule has 1 saturated heterocycles. The molecule has 6 nitrogen and oxygen atoms in total. The van der Waals surface area contributed by atoms with E-state index in [0.717, 1.165) is 13.0 Å². The number of carbonyl (C=O) groups excluding carboxylic acids is 2. The molecule has 0 bridgehead atoms. The highest BCUT2D eigenvalue weighted by molar-refractivity contribution is 5.86. The molecule has 1 aromatic heterocycles. The lowest BCUT2D eigenvalue weighted by Gasteiger charge is -2.34. The van der Waals surface area contributed by atoms with E-state index in [9.17, 15) is 9.59 Å². The van der Waals surface area contributed by atoms with Gasteiger partial charge in [0.05, 0.1) is 6.61 Å². The van der Waals surface area contributed by atoms with E-state index >= 15 is 0 Å². The largest absolute Gasteiger partial charge is 0.450 e. The Bertz CT molecular complexity index is 1360. The van der Waals surface area contributed by atoms with Gasteiger partial charge in [0.1, 0.15) is 0 Å². The smallest absolute Gasteiger partial charge is 0.409 e. The summed E-state index contributed by atoms with van der Waals surface area (Å²) in [4.78, 5) is 29.3. The zero-order valence-corrected chi connectivity index (χ0v) is 22.0. The van der Waals surface area contributed by atoms with Crippen LogP contribution < -0.4 is 0 Å². The van der Waals surface area contributed by atoms with Gasteiger partial charge < -0.3 is 19.1 Å². The Morgan fingerprint density at radius 2 is 1.39 bits per heavy atom. The number of carbonyl (C=O) groups is 2. The van der Waals surface area contributed by atoms with Crippen molar-refractivity contribution in [3.63, 3.8) is 0 Å². The molecule has 1 fully saturated rings. The second-order valence-corrected chi connectivity index (χ2v) is 9.87. The Morgan fingerprint density at radius 3 is 2.08 bits per heavy atom. The molecule has 196 valence electrons. The third-order valence-electron chi connectivity index (χ3n) is 7.36. The van der Waals surface area contributed by atoms with Crippen molar-refractivity contribution in [3.05, 3.63) is 108 Å². The average molecular weight is 510 g/mol. The average Bonchev–Trinajstić information content (AvgIpc) is 3.32. The lowest BCUT2D eigenvalue weighted by molar-refractivity contribution is -0.133. The predicted octanol–water partition coefficient (Wildman–Crippen LogP) is 5.71. The molecule has 0 spiro atoms. The van der Waals surface area contributed by atoms with Crippen molar-refractivity contribution in [2.75, 3.05) is 32.8 Å². The van der Waals surface area contributed by atoms with Gasteiger partial charge in [0, 0.05) is 56.2 Å². The van der Waals surface area contributed by atoms with Gasteiger partial charge in [-0.05, 0) is 42.0 Å². The summed E-state index contributed by atoms with van der Waals surface area (Å²) < 4.78 is 7.44. The first-order valence-electron chi connectivity index (χ1n) is 13.5. The first kappa shape index (κ1) is 25.6. The molecular weight excluding hydrogens is 474 g/mol. The van der Waals surface area contributed by atoms with E-state index in [1.54, 1.807) is 11.8 Å². The van der Waals surface area contributed by atoms with Crippen LogP contribution in [0.5, 0.6) is 0 Å². The van der Waals surface area contributed by atoms with Crippen molar-refractivity contribution >= 4 is 22.9 Å². The summed E-state index contributed by atoms with van der Waals surface area (Å²) in [5.74, 6) is 0.171.